The first-order chi connectivity index (χ1) is 6.56. The van der Waals surface area contributed by atoms with Gasteiger partial charge in [0, 0.05) is 6.04 Å². The lowest BCUT2D eigenvalue weighted by Gasteiger charge is -2.09. The number of rotatable bonds is 3. The van der Waals surface area contributed by atoms with Gasteiger partial charge in [0.1, 0.15) is 11.3 Å². The van der Waals surface area contributed by atoms with Crippen molar-refractivity contribution in [2.24, 2.45) is 0 Å². The second-order valence-electron chi connectivity index (χ2n) is 3.26. The van der Waals surface area contributed by atoms with Crippen LogP contribution < -0.4 is 5.32 Å². The van der Waals surface area contributed by atoms with Gasteiger partial charge >= 0.3 is 0 Å². The summed E-state index contributed by atoms with van der Waals surface area (Å²) in [6.07, 6.45) is 0. The van der Waals surface area contributed by atoms with E-state index in [2.05, 4.69) is 10.5 Å². The van der Waals surface area contributed by atoms with E-state index in [-0.39, 0.29) is 18.6 Å². The summed E-state index contributed by atoms with van der Waals surface area (Å²) in [4.78, 5) is 11.6. The maximum atomic E-state index is 11.6. The summed E-state index contributed by atoms with van der Waals surface area (Å²) in [5, 5.41) is 15.1. The molecule has 0 aliphatic rings. The minimum absolute atomic E-state index is 0.0882. The monoisotopic (exact) mass is 198 g/mol. The molecule has 0 unspecified atom stereocenters. The molecule has 1 heterocycles. The van der Waals surface area contributed by atoms with Gasteiger partial charge in [-0.25, -0.2) is 0 Å². The zero-order valence-corrected chi connectivity index (χ0v) is 8.50. The molecule has 0 aromatic carbocycles. The molecule has 0 aliphatic carbocycles. The van der Waals surface area contributed by atoms with Gasteiger partial charge in [-0.3, -0.25) is 4.79 Å². The van der Waals surface area contributed by atoms with Crippen molar-refractivity contribution >= 4 is 5.91 Å². The molecule has 1 atom stereocenters. The van der Waals surface area contributed by atoms with E-state index in [9.17, 15) is 4.79 Å². The minimum Gasteiger partial charge on any atom is -0.394 e. The Labute approximate surface area is 82.1 Å². The largest absolute Gasteiger partial charge is 0.394 e. The summed E-state index contributed by atoms with van der Waals surface area (Å²) in [7, 11) is 0. The third kappa shape index (κ3) is 2.11. The van der Waals surface area contributed by atoms with Crippen LogP contribution in [0.4, 0.5) is 0 Å². The van der Waals surface area contributed by atoms with Gasteiger partial charge in [0.25, 0.3) is 5.91 Å². The average Bonchev–Trinajstić information content (AvgIpc) is 2.46. The number of nitrogens with one attached hydrogen (secondary N) is 1. The molecule has 1 rings (SSSR count). The van der Waals surface area contributed by atoms with Crippen LogP contribution in [0.15, 0.2) is 4.52 Å². The average molecular weight is 198 g/mol. The van der Waals surface area contributed by atoms with Gasteiger partial charge in [-0.2, -0.15) is 0 Å². The number of aryl methyl sites for hydroxylation is 2. The van der Waals surface area contributed by atoms with Crippen LogP contribution in [0.25, 0.3) is 0 Å². The van der Waals surface area contributed by atoms with E-state index >= 15 is 0 Å². The Hall–Kier alpha value is -1.36. The molecule has 0 saturated carbocycles. The molecule has 1 amide bonds. The smallest absolute Gasteiger partial charge is 0.257 e. The maximum absolute atomic E-state index is 11.6. The van der Waals surface area contributed by atoms with Crippen molar-refractivity contribution in [3.8, 4) is 0 Å². The first kappa shape index (κ1) is 10.7. The van der Waals surface area contributed by atoms with Crippen LogP contribution in [0.3, 0.4) is 0 Å². The molecule has 0 radical (unpaired) electrons. The quantitative estimate of drug-likeness (QED) is 0.737. The van der Waals surface area contributed by atoms with E-state index in [0.29, 0.717) is 17.0 Å². The molecule has 5 heteroatoms. The number of carbonyl (C=O) groups is 1. The number of carbonyl (C=O) groups excluding carboxylic acids is 1. The molecule has 2 N–H and O–H groups in total. The number of hydrogen-bond acceptors (Lipinski definition) is 4. The number of aromatic nitrogens is 1. The van der Waals surface area contributed by atoms with Crippen LogP contribution in [0.5, 0.6) is 0 Å². The SMILES string of the molecule is Cc1noc(C)c1C(=O)N[C@@H](C)CO. The lowest BCUT2D eigenvalue weighted by atomic mass is 10.2. The van der Waals surface area contributed by atoms with Crippen LogP contribution in [0.1, 0.15) is 28.7 Å². The molecule has 0 fully saturated rings. The van der Waals surface area contributed by atoms with Crippen molar-refractivity contribution in [2.75, 3.05) is 6.61 Å². The second kappa shape index (κ2) is 4.23. The molecule has 0 bridgehead atoms. The number of aliphatic hydroxyl groups is 1. The molecule has 1 aromatic rings. The Morgan fingerprint density at radius 1 is 1.64 bits per heavy atom. The molecule has 5 nitrogen and oxygen atoms in total. The normalized spacial score (nSPS) is 12.6. The highest BCUT2D eigenvalue weighted by Gasteiger charge is 2.18. The molecular weight excluding hydrogens is 184 g/mol. The summed E-state index contributed by atoms with van der Waals surface area (Å²) in [6.45, 7) is 5.01. The molecule has 0 spiro atoms. The summed E-state index contributed by atoms with van der Waals surface area (Å²) in [5.74, 6) is 0.230. The Balaban J connectivity index is 2.79. The van der Waals surface area contributed by atoms with Gasteiger partial charge in [0.05, 0.1) is 12.3 Å². The summed E-state index contributed by atoms with van der Waals surface area (Å²) < 4.78 is 4.86. The number of amides is 1. The Bertz CT molecular complexity index is 313. The summed E-state index contributed by atoms with van der Waals surface area (Å²) in [5.41, 5.74) is 1.01. The summed E-state index contributed by atoms with van der Waals surface area (Å²) in [6, 6.07) is -0.267. The highest BCUT2D eigenvalue weighted by molar-refractivity contribution is 5.96. The van der Waals surface area contributed by atoms with Crippen molar-refractivity contribution in [3.05, 3.63) is 17.0 Å². The van der Waals surface area contributed by atoms with Gasteiger partial charge in [0.2, 0.25) is 0 Å². The Morgan fingerprint density at radius 3 is 2.71 bits per heavy atom. The second-order valence-corrected chi connectivity index (χ2v) is 3.26. The molecule has 78 valence electrons. The van der Waals surface area contributed by atoms with Crippen molar-refractivity contribution in [2.45, 2.75) is 26.8 Å². The molecule has 1 aromatic heterocycles. The third-order valence-electron chi connectivity index (χ3n) is 1.91. The van der Waals surface area contributed by atoms with E-state index in [1.54, 1.807) is 20.8 Å². The van der Waals surface area contributed by atoms with Gasteiger partial charge in [-0.05, 0) is 20.8 Å². The molecular formula is C9H14N2O3. The predicted octanol–water partition coefficient (Wildman–Crippen LogP) is 0.402. The lowest BCUT2D eigenvalue weighted by molar-refractivity contribution is 0.0920. The number of hydrogen-bond donors (Lipinski definition) is 2. The van der Waals surface area contributed by atoms with Crippen molar-refractivity contribution in [1.82, 2.24) is 10.5 Å². The van der Waals surface area contributed by atoms with Gasteiger partial charge in [-0.15, -0.1) is 0 Å². The topological polar surface area (TPSA) is 75.4 Å². The lowest BCUT2D eigenvalue weighted by Crippen LogP contribution is -2.35. The van der Waals surface area contributed by atoms with Crippen LogP contribution in [-0.4, -0.2) is 28.8 Å². The van der Waals surface area contributed by atoms with E-state index in [1.807, 2.05) is 0 Å². The molecule has 0 saturated heterocycles. The van der Waals surface area contributed by atoms with Gasteiger partial charge in [0.15, 0.2) is 0 Å². The Kier molecular flexibility index (Phi) is 3.24. The summed E-state index contributed by atoms with van der Waals surface area (Å²) >= 11 is 0. The highest BCUT2D eigenvalue weighted by Crippen LogP contribution is 2.11. The van der Waals surface area contributed by atoms with E-state index < -0.39 is 0 Å². The first-order valence-electron chi connectivity index (χ1n) is 4.40. The predicted molar refractivity (Wildman–Crippen MR) is 50.0 cm³/mol. The zero-order valence-electron chi connectivity index (χ0n) is 8.50. The third-order valence-corrected chi connectivity index (χ3v) is 1.91. The Morgan fingerprint density at radius 2 is 2.29 bits per heavy atom. The van der Waals surface area contributed by atoms with Crippen LogP contribution >= 0.6 is 0 Å². The van der Waals surface area contributed by atoms with Gasteiger partial charge < -0.3 is 14.9 Å². The van der Waals surface area contributed by atoms with Crippen molar-refractivity contribution < 1.29 is 14.4 Å². The van der Waals surface area contributed by atoms with Crippen LogP contribution in [-0.2, 0) is 0 Å². The number of aliphatic hydroxyl groups excluding tert-OH is 1. The fourth-order valence-electron chi connectivity index (χ4n) is 1.15. The minimum atomic E-state index is -0.267. The highest BCUT2D eigenvalue weighted by atomic mass is 16.5. The number of nitrogens with zero attached hydrogens (tertiary/aromatic N) is 1. The van der Waals surface area contributed by atoms with E-state index in [1.165, 1.54) is 0 Å². The van der Waals surface area contributed by atoms with Crippen molar-refractivity contribution in [3.63, 3.8) is 0 Å². The fourth-order valence-corrected chi connectivity index (χ4v) is 1.15. The van der Waals surface area contributed by atoms with E-state index in [4.69, 9.17) is 9.63 Å². The maximum Gasteiger partial charge on any atom is 0.257 e. The standard InChI is InChI=1S/C9H14N2O3/c1-5(4-12)10-9(13)8-6(2)11-14-7(8)3/h5,12H,4H2,1-3H3,(H,10,13)/t5-/m0/s1. The van der Waals surface area contributed by atoms with Gasteiger partial charge in [-0.1, -0.05) is 5.16 Å². The molecule has 14 heavy (non-hydrogen) atoms. The van der Waals surface area contributed by atoms with Crippen LogP contribution in [0, 0.1) is 13.8 Å². The fraction of sp³-hybridized carbons (Fsp3) is 0.556. The molecule has 0 aliphatic heterocycles. The van der Waals surface area contributed by atoms with E-state index in [0.717, 1.165) is 0 Å². The first-order valence-corrected chi connectivity index (χ1v) is 4.40. The van der Waals surface area contributed by atoms with Crippen molar-refractivity contribution in [1.29, 1.82) is 0 Å². The van der Waals surface area contributed by atoms with Crippen LogP contribution in [0.2, 0.25) is 0 Å². The zero-order chi connectivity index (χ0) is 10.7.